The fourth-order valence-corrected chi connectivity index (χ4v) is 4.15. The number of hydrogen-bond donors (Lipinski definition) is 1. The molecule has 1 atom stereocenters. The van der Waals surface area contributed by atoms with Gasteiger partial charge in [0.1, 0.15) is 0 Å². The number of carbonyl (C=O) groups is 1. The van der Waals surface area contributed by atoms with Gasteiger partial charge in [-0.1, -0.05) is 0 Å². The SMILES string of the molecule is O=C([Se]c1ccccc1)[C@H]1CSCN1. The van der Waals surface area contributed by atoms with Gasteiger partial charge in [0, 0.05) is 0 Å². The summed E-state index contributed by atoms with van der Waals surface area (Å²) < 4.78 is 1.54. The Balaban J connectivity index is 1.94. The Kier molecular flexibility index (Phi) is 3.65. The molecule has 4 heteroatoms. The number of thioether (sulfide) groups is 1. The van der Waals surface area contributed by atoms with Crippen LogP contribution in [-0.2, 0) is 4.79 Å². The molecule has 0 aromatic heterocycles. The van der Waals surface area contributed by atoms with Crippen molar-refractivity contribution in [2.24, 2.45) is 0 Å². The summed E-state index contributed by atoms with van der Waals surface area (Å²) in [5, 5.41) is 3.21. The second-order valence-corrected chi connectivity index (χ2v) is 6.30. The van der Waals surface area contributed by atoms with E-state index in [1.807, 2.05) is 30.3 Å². The van der Waals surface area contributed by atoms with E-state index in [1.54, 1.807) is 11.8 Å². The zero-order chi connectivity index (χ0) is 9.80. The summed E-state index contributed by atoms with van der Waals surface area (Å²) in [7, 11) is 0. The second-order valence-electron chi connectivity index (χ2n) is 3.01. The standard InChI is InChI=1S/C10H11NOSSe/c12-10(9-6-13-7-11-9)14-8-4-2-1-3-5-8/h1-5,9,11H,6-7H2/t9-/m1/s1. The Bertz CT molecular complexity index is 311. The fourth-order valence-electron chi connectivity index (χ4n) is 1.22. The first kappa shape index (κ1) is 10.2. The van der Waals surface area contributed by atoms with Gasteiger partial charge in [-0.25, -0.2) is 0 Å². The molecule has 2 rings (SSSR count). The van der Waals surface area contributed by atoms with Gasteiger partial charge >= 0.3 is 94.0 Å². The molecule has 1 heterocycles. The summed E-state index contributed by atoms with van der Waals surface area (Å²) in [4.78, 5) is 11.8. The second kappa shape index (κ2) is 4.99. The molecule has 74 valence electrons. The van der Waals surface area contributed by atoms with E-state index in [4.69, 9.17) is 0 Å². The normalized spacial score (nSPS) is 21.0. The van der Waals surface area contributed by atoms with Gasteiger partial charge in [-0.15, -0.1) is 0 Å². The summed E-state index contributed by atoms with van der Waals surface area (Å²) in [6.45, 7) is 0. The van der Waals surface area contributed by atoms with E-state index in [1.165, 1.54) is 4.46 Å². The number of carbonyl (C=O) groups excluding carboxylic acids is 1. The van der Waals surface area contributed by atoms with E-state index in [0.717, 1.165) is 11.6 Å². The van der Waals surface area contributed by atoms with Crippen molar-refractivity contribution in [3.8, 4) is 0 Å². The van der Waals surface area contributed by atoms with Crippen molar-refractivity contribution in [1.29, 1.82) is 0 Å². The fraction of sp³-hybridized carbons (Fsp3) is 0.300. The Labute approximate surface area is 94.0 Å². The Morgan fingerprint density at radius 1 is 1.43 bits per heavy atom. The Morgan fingerprint density at radius 3 is 2.86 bits per heavy atom. The number of benzene rings is 1. The molecular formula is C10H11NOSSe. The maximum absolute atomic E-state index is 11.8. The molecule has 1 saturated heterocycles. The molecule has 1 aromatic carbocycles. The van der Waals surface area contributed by atoms with Gasteiger partial charge in [0.15, 0.2) is 0 Å². The molecule has 14 heavy (non-hydrogen) atoms. The van der Waals surface area contributed by atoms with E-state index in [2.05, 4.69) is 5.32 Å². The summed E-state index contributed by atoms with van der Waals surface area (Å²) in [6, 6.07) is 10.1. The molecule has 1 aliphatic heterocycles. The van der Waals surface area contributed by atoms with Crippen molar-refractivity contribution in [2.45, 2.75) is 6.04 Å². The van der Waals surface area contributed by atoms with E-state index in [-0.39, 0.29) is 21.0 Å². The summed E-state index contributed by atoms with van der Waals surface area (Å²) >= 11 is 1.78. The molecule has 0 amide bonds. The zero-order valence-electron chi connectivity index (χ0n) is 7.60. The van der Waals surface area contributed by atoms with Crippen LogP contribution in [0.4, 0.5) is 0 Å². The van der Waals surface area contributed by atoms with Crippen LogP contribution in [-0.4, -0.2) is 37.3 Å². The van der Waals surface area contributed by atoms with Crippen LogP contribution in [0.3, 0.4) is 0 Å². The Hall–Kier alpha value is -0.281. The van der Waals surface area contributed by atoms with Crippen molar-refractivity contribution in [3.63, 3.8) is 0 Å². The minimum absolute atomic E-state index is 0.0240. The third-order valence-corrected chi connectivity index (χ3v) is 4.99. The van der Waals surface area contributed by atoms with E-state index < -0.39 is 0 Å². The van der Waals surface area contributed by atoms with Crippen LogP contribution >= 0.6 is 11.8 Å². The van der Waals surface area contributed by atoms with Gasteiger partial charge in [0.05, 0.1) is 0 Å². The van der Waals surface area contributed by atoms with Crippen LogP contribution in [0.2, 0.25) is 0 Å². The average Bonchev–Trinajstić information content (AvgIpc) is 2.72. The molecule has 0 aliphatic carbocycles. The van der Waals surface area contributed by atoms with Gasteiger partial charge in [-0.05, 0) is 0 Å². The Morgan fingerprint density at radius 2 is 2.21 bits per heavy atom. The van der Waals surface area contributed by atoms with Crippen molar-refractivity contribution >= 4 is 35.9 Å². The third kappa shape index (κ3) is 2.61. The zero-order valence-corrected chi connectivity index (χ0v) is 10.1. The molecule has 2 nitrogen and oxygen atoms in total. The predicted molar refractivity (Wildman–Crippen MR) is 61.1 cm³/mol. The summed E-state index contributed by atoms with van der Waals surface area (Å²) in [5.41, 5.74) is 0. The van der Waals surface area contributed by atoms with Gasteiger partial charge < -0.3 is 0 Å². The molecule has 1 fully saturated rings. The van der Waals surface area contributed by atoms with Crippen LogP contribution in [0.15, 0.2) is 30.3 Å². The first-order valence-corrected chi connectivity index (χ1v) is 7.31. The molecule has 1 N–H and O–H groups in total. The molecule has 0 bridgehead atoms. The van der Waals surface area contributed by atoms with Gasteiger partial charge in [-0.2, -0.15) is 0 Å². The third-order valence-electron chi connectivity index (χ3n) is 1.96. The van der Waals surface area contributed by atoms with Crippen LogP contribution < -0.4 is 9.78 Å². The molecule has 0 saturated carbocycles. The molecular weight excluding hydrogens is 261 g/mol. The van der Waals surface area contributed by atoms with E-state index >= 15 is 0 Å². The predicted octanol–water partition coefficient (Wildman–Crippen LogP) is 0.205. The van der Waals surface area contributed by atoms with Crippen LogP contribution in [0.5, 0.6) is 0 Å². The van der Waals surface area contributed by atoms with Crippen LogP contribution in [0, 0.1) is 0 Å². The number of rotatable bonds is 3. The van der Waals surface area contributed by atoms with Crippen molar-refractivity contribution in [3.05, 3.63) is 30.3 Å². The van der Waals surface area contributed by atoms with E-state index in [9.17, 15) is 4.79 Å². The van der Waals surface area contributed by atoms with E-state index in [0.29, 0.717) is 4.68 Å². The van der Waals surface area contributed by atoms with Gasteiger partial charge in [0.25, 0.3) is 0 Å². The van der Waals surface area contributed by atoms with Crippen molar-refractivity contribution < 1.29 is 4.79 Å². The number of nitrogens with one attached hydrogen (secondary N) is 1. The first-order valence-electron chi connectivity index (χ1n) is 4.44. The van der Waals surface area contributed by atoms with Crippen LogP contribution in [0.1, 0.15) is 0 Å². The van der Waals surface area contributed by atoms with Crippen molar-refractivity contribution in [2.75, 3.05) is 11.6 Å². The first-order chi connectivity index (χ1) is 6.86. The monoisotopic (exact) mass is 273 g/mol. The summed E-state index contributed by atoms with van der Waals surface area (Å²) in [5.74, 6) is 1.86. The molecule has 1 aliphatic rings. The van der Waals surface area contributed by atoms with Crippen LogP contribution in [0.25, 0.3) is 0 Å². The molecule has 0 radical (unpaired) electrons. The molecule has 0 unspecified atom stereocenters. The molecule has 0 spiro atoms. The number of hydrogen-bond acceptors (Lipinski definition) is 3. The summed E-state index contributed by atoms with van der Waals surface area (Å²) in [6.07, 6.45) is 0. The maximum atomic E-state index is 11.8. The molecule has 1 aromatic rings. The quantitative estimate of drug-likeness (QED) is 0.797. The minimum atomic E-state index is -0.0240. The topological polar surface area (TPSA) is 29.1 Å². The average molecular weight is 272 g/mol. The van der Waals surface area contributed by atoms with Gasteiger partial charge in [0.2, 0.25) is 0 Å². The van der Waals surface area contributed by atoms with Gasteiger partial charge in [-0.3, -0.25) is 0 Å². The van der Waals surface area contributed by atoms with Crippen molar-refractivity contribution in [1.82, 2.24) is 5.32 Å².